The third-order valence-corrected chi connectivity index (χ3v) is 21.8. The van der Waals surface area contributed by atoms with E-state index < -0.39 is 122 Å². The molecule has 9 atom stereocenters. The van der Waals surface area contributed by atoms with E-state index in [4.69, 9.17) is 52.1 Å². The Morgan fingerprint density at radius 1 is 0.234 bits per heavy atom. The van der Waals surface area contributed by atoms with Gasteiger partial charge in [-0.1, -0.05) is 364 Å². The number of unbranched alkanes of at least 4 members (excludes halogenated alkanes) is 48. The Morgan fingerprint density at radius 3 is 0.757 bits per heavy atom. The summed E-state index contributed by atoms with van der Waals surface area (Å²) in [6.45, 7) is 15.4. The van der Waals surface area contributed by atoms with Gasteiger partial charge in [0, 0.05) is 51.4 Å². The number of esters is 8. The molecule has 648 valence electrons. The summed E-state index contributed by atoms with van der Waals surface area (Å²) in [6, 6.07) is 0. The van der Waals surface area contributed by atoms with Gasteiger partial charge in [-0.15, -0.1) is 0 Å². The maximum absolute atomic E-state index is 15.0. The van der Waals surface area contributed by atoms with Gasteiger partial charge in [-0.05, 0) is 51.4 Å². The second-order valence-corrected chi connectivity index (χ2v) is 32.4. The van der Waals surface area contributed by atoms with E-state index in [1.54, 1.807) is 0 Å². The highest BCUT2D eigenvalue weighted by molar-refractivity contribution is 5.73. The molecule has 0 saturated carbocycles. The molecule has 2 saturated heterocycles. The zero-order valence-corrected chi connectivity index (χ0v) is 72.3. The van der Waals surface area contributed by atoms with Crippen LogP contribution in [-0.4, -0.2) is 122 Å². The van der Waals surface area contributed by atoms with E-state index >= 15 is 0 Å². The van der Waals surface area contributed by atoms with E-state index in [1.807, 2.05) is 0 Å². The molecule has 19 nitrogen and oxygen atoms in total. The molecule has 0 aromatic rings. The van der Waals surface area contributed by atoms with Crippen LogP contribution in [0.3, 0.4) is 0 Å². The molecule has 0 radical (unpaired) electrons. The van der Waals surface area contributed by atoms with Crippen molar-refractivity contribution < 1.29 is 90.5 Å². The third kappa shape index (κ3) is 52.1. The maximum Gasteiger partial charge on any atom is 0.306 e. The molecule has 2 fully saturated rings. The number of carbonyl (C=O) groups excluding carboxylic acids is 8. The maximum atomic E-state index is 15.0. The molecule has 2 rings (SSSR count). The van der Waals surface area contributed by atoms with Crippen LogP contribution in [0.1, 0.15) is 466 Å². The van der Waals surface area contributed by atoms with Crippen molar-refractivity contribution in [2.24, 2.45) is 0 Å². The van der Waals surface area contributed by atoms with Crippen molar-refractivity contribution in [1.82, 2.24) is 0 Å². The van der Waals surface area contributed by atoms with Gasteiger partial charge in [0.2, 0.25) is 12.1 Å². The summed E-state index contributed by atoms with van der Waals surface area (Å²) in [7, 11) is 0. The first-order valence-corrected chi connectivity index (χ1v) is 46.6. The minimum Gasteiger partial charge on any atom is -0.463 e. The smallest absolute Gasteiger partial charge is 0.306 e. The largest absolute Gasteiger partial charge is 0.463 e. The summed E-state index contributed by atoms with van der Waals surface area (Å²) in [6.07, 6.45) is 38.6. The van der Waals surface area contributed by atoms with Gasteiger partial charge in [0.25, 0.3) is 0 Å². The lowest BCUT2D eigenvalue weighted by Crippen LogP contribution is -2.66. The molecule has 0 amide bonds. The molecule has 0 spiro atoms. The van der Waals surface area contributed by atoms with Crippen molar-refractivity contribution in [3.8, 4) is 0 Å². The highest BCUT2D eigenvalue weighted by Gasteiger charge is 2.65. The first kappa shape index (κ1) is 103. The normalized spacial score (nSPS) is 19.5. The fourth-order valence-electron chi connectivity index (χ4n) is 14.8. The van der Waals surface area contributed by atoms with Gasteiger partial charge in [-0.3, -0.25) is 38.4 Å². The van der Waals surface area contributed by atoms with Gasteiger partial charge in [-0.2, -0.15) is 0 Å². The van der Waals surface area contributed by atoms with Crippen LogP contribution < -0.4 is 0 Å². The van der Waals surface area contributed by atoms with E-state index in [9.17, 15) is 38.4 Å². The highest BCUT2D eigenvalue weighted by Crippen LogP contribution is 2.43. The van der Waals surface area contributed by atoms with Crippen molar-refractivity contribution in [2.75, 3.05) is 19.8 Å². The van der Waals surface area contributed by atoms with Gasteiger partial charge in [-0.25, -0.2) is 0 Å². The molecular formula is C92H166O19. The molecule has 0 bridgehead atoms. The summed E-state index contributed by atoms with van der Waals surface area (Å²) in [5, 5.41) is 0. The summed E-state index contributed by atoms with van der Waals surface area (Å²) in [4.78, 5) is 117. The first-order valence-electron chi connectivity index (χ1n) is 46.6. The standard InChI is InChI=1S/C92H166O19/c1-9-17-25-33-41-49-57-65-78(93)101-73-76-86(105-81(96)68-60-52-44-36-28-20-12-4)88(107-83(98)70-62-54-46-38-30-22-14-6)89(108-84(99)71-63-55-47-39-31-23-15-7)91(104-76)111-92(75-103-80(95)67-59-51-43-35-27-19-11-3)90(109-85(100)72-64-56-48-40-32-24-16-8)87(106-82(97)69-61-53-45-37-29-21-13-5)77(110-92)74-102-79(94)66-58-50-42-34-26-18-10-2/h76-77,86-91H,9-75H2,1-8H3/t76-,77-,86-,87-,88+,89-,90+,91-,92+/m1/s1. The van der Waals surface area contributed by atoms with Gasteiger partial charge < -0.3 is 52.1 Å². The fraction of sp³-hybridized carbons (Fsp3) is 0.913. The molecule has 2 aliphatic rings. The van der Waals surface area contributed by atoms with Crippen LogP contribution in [0.4, 0.5) is 0 Å². The second-order valence-electron chi connectivity index (χ2n) is 32.4. The summed E-state index contributed by atoms with van der Waals surface area (Å²) in [5.41, 5.74) is 0. The average Bonchev–Trinajstić information content (AvgIpc) is 1.65. The minimum atomic E-state index is -2.55. The number of hydrogen-bond donors (Lipinski definition) is 0. The molecule has 0 unspecified atom stereocenters. The Kier molecular flexibility index (Phi) is 65.7. The SMILES string of the molecule is CCCCCCCCCC(=O)OC[C@H]1O[C@@](COC(=O)CCCCCCCCC)(O[C@H]2O[C@H](COC(=O)CCCCCCCCC)[C@@H](OC(=O)CCCCCCCCC)[C@H](OC(=O)CCCCCCCCC)[C@H]2OC(=O)CCCCCCCCC)[C@@H](OC(=O)CCCCCCCCC)[C@@H]1OC(=O)CCCCCCCCC. The lowest BCUT2D eigenvalue weighted by molar-refractivity contribution is -0.384. The number of rotatable bonds is 77. The molecule has 0 N–H and O–H groups in total. The molecular weight excluding hydrogens is 1410 g/mol. The second kappa shape index (κ2) is 71.0. The van der Waals surface area contributed by atoms with E-state index in [2.05, 4.69) is 55.4 Å². The first-order chi connectivity index (χ1) is 54.1. The van der Waals surface area contributed by atoms with Crippen molar-refractivity contribution in [3.05, 3.63) is 0 Å². The molecule has 0 aromatic heterocycles. The van der Waals surface area contributed by atoms with Crippen LogP contribution in [0.2, 0.25) is 0 Å². The van der Waals surface area contributed by atoms with Gasteiger partial charge >= 0.3 is 47.8 Å². The predicted octanol–water partition coefficient (Wildman–Crippen LogP) is 24.1. The van der Waals surface area contributed by atoms with Crippen LogP contribution in [0.15, 0.2) is 0 Å². The molecule has 0 aliphatic carbocycles. The van der Waals surface area contributed by atoms with E-state index in [0.29, 0.717) is 51.4 Å². The van der Waals surface area contributed by atoms with Gasteiger partial charge in [0.05, 0.1) is 0 Å². The van der Waals surface area contributed by atoms with Crippen LogP contribution in [-0.2, 0) is 90.5 Å². The average molecular weight is 1580 g/mol. The number of hydrogen-bond acceptors (Lipinski definition) is 19. The van der Waals surface area contributed by atoms with Crippen molar-refractivity contribution in [2.45, 2.75) is 521 Å². The Balaban J connectivity index is 3.20. The van der Waals surface area contributed by atoms with E-state index in [-0.39, 0.29) is 51.4 Å². The molecule has 0 aromatic carbocycles. The number of ether oxygens (including phenoxy) is 11. The molecule has 19 heteroatoms. The van der Waals surface area contributed by atoms with Crippen molar-refractivity contribution in [1.29, 1.82) is 0 Å². The van der Waals surface area contributed by atoms with Crippen molar-refractivity contribution in [3.63, 3.8) is 0 Å². The predicted molar refractivity (Wildman–Crippen MR) is 441 cm³/mol. The van der Waals surface area contributed by atoms with Crippen molar-refractivity contribution >= 4 is 47.8 Å². The van der Waals surface area contributed by atoms with Crippen LogP contribution in [0, 0.1) is 0 Å². The molecule has 2 heterocycles. The lowest BCUT2D eigenvalue weighted by Gasteiger charge is -2.46. The molecule has 111 heavy (non-hydrogen) atoms. The Morgan fingerprint density at radius 2 is 0.459 bits per heavy atom. The topological polar surface area (TPSA) is 238 Å². The van der Waals surface area contributed by atoms with E-state index in [0.717, 1.165) is 308 Å². The highest BCUT2D eigenvalue weighted by atomic mass is 16.8. The minimum absolute atomic E-state index is 0.00316. The third-order valence-electron chi connectivity index (χ3n) is 21.8. The van der Waals surface area contributed by atoms with E-state index in [1.165, 1.54) is 0 Å². The Labute approximate surface area is 675 Å². The fourth-order valence-corrected chi connectivity index (χ4v) is 14.8. The number of carbonyl (C=O) groups is 8. The zero-order valence-electron chi connectivity index (χ0n) is 72.3. The monoisotopic (exact) mass is 1580 g/mol. The summed E-state index contributed by atoms with van der Waals surface area (Å²) in [5.74, 6) is -7.65. The zero-order chi connectivity index (χ0) is 80.9. The van der Waals surface area contributed by atoms with Crippen LogP contribution in [0.5, 0.6) is 0 Å². The van der Waals surface area contributed by atoms with Crippen LogP contribution in [0.25, 0.3) is 0 Å². The lowest BCUT2D eigenvalue weighted by atomic mass is 9.97. The summed E-state index contributed by atoms with van der Waals surface area (Å²) < 4.78 is 73.2. The van der Waals surface area contributed by atoms with Gasteiger partial charge in [0.15, 0.2) is 30.5 Å². The van der Waals surface area contributed by atoms with Crippen LogP contribution >= 0.6 is 0 Å². The Bertz CT molecular complexity index is 2310. The quantitative estimate of drug-likeness (QED) is 0.0312. The summed E-state index contributed by atoms with van der Waals surface area (Å²) >= 11 is 0. The molecule has 2 aliphatic heterocycles. The van der Waals surface area contributed by atoms with Gasteiger partial charge in [0.1, 0.15) is 32.0 Å². The Hall–Kier alpha value is -4.36.